The van der Waals surface area contributed by atoms with Crippen LogP contribution in [-0.2, 0) is 4.79 Å². The molecule has 166 valence electrons. The van der Waals surface area contributed by atoms with E-state index in [4.69, 9.17) is 0 Å². The van der Waals surface area contributed by atoms with Crippen LogP contribution in [0.2, 0.25) is 0 Å². The van der Waals surface area contributed by atoms with Crippen LogP contribution in [0.15, 0.2) is 89.1 Å². The quantitative estimate of drug-likeness (QED) is 0.301. The van der Waals surface area contributed by atoms with Crippen LogP contribution >= 0.6 is 23.1 Å². The summed E-state index contributed by atoms with van der Waals surface area (Å²) in [6.45, 7) is 3.84. The fourth-order valence-electron chi connectivity index (χ4n) is 3.06. The van der Waals surface area contributed by atoms with Crippen molar-refractivity contribution in [1.82, 2.24) is 4.98 Å². The summed E-state index contributed by atoms with van der Waals surface area (Å²) >= 11 is 2.86. The van der Waals surface area contributed by atoms with Gasteiger partial charge >= 0.3 is 0 Å². The summed E-state index contributed by atoms with van der Waals surface area (Å²) in [6.07, 6.45) is 0. The molecule has 2 amide bonds. The van der Waals surface area contributed by atoms with Crippen LogP contribution in [0, 0.1) is 6.92 Å². The first-order valence-corrected chi connectivity index (χ1v) is 12.2. The highest BCUT2D eigenvalue weighted by molar-refractivity contribution is 8.00. The van der Waals surface area contributed by atoms with E-state index in [1.165, 1.54) is 23.1 Å². The fourth-order valence-corrected chi connectivity index (χ4v) is 4.65. The van der Waals surface area contributed by atoms with Crippen molar-refractivity contribution in [3.05, 3.63) is 95.4 Å². The van der Waals surface area contributed by atoms with E-state index in [9.17, 15) is 9.59 Å². The van der Waals surface area contributed by atoms with Crippen molar-refractivity contribution in [1.29, 1.82) is 0 Å². The van der Waals surface area contributed by atoms with Crippen molar-refractivity contribution in [2.75, 3.05) is 10.6 Å². The first-order valence-electron chi connectivity index (χ1n) is 10.4. The van der Waals surface area contributed by atoms with Crippen LogP contribution in [0.4, 0.5) is 10.8 Å². The molecule has 1 atom stereocenters. The summed E-state index contributed by atoms with van der Waals surface area (Å²) < 4.78 is 0. The Bertz CT molecular complexity index is 1240. The second kappa shape index (κ2) is 10.5. The summed E-state index contributed by atoms with van der Waals surface area (Å²) in [5.41, 5.74) is 4.29. The van der Waals surface area contributed by atoms with E-state index in [1.807, 2.05) is 86.0 Å². The molecule has 0 aliphatic carbocycles. The second-order valence-electron chi connectivity index (χ2n) is 7.50. The lowest BCUT2D eigenvalue weighted by atomic mass is 10.1. The molecule has 7 heteroatoms. The van der Waals surface area contributed by atoms with Crippen LogP contribution in [0.3, 0.4) is 0 Å². The SMILES string of the molecule is Cc1ccc(C(=O)Nc2ccc(SC(C)C(=O)Nc3nc(-c4ccccc4)cs3)cc2)cc1. The number of hydrogen-bond donors (Lipinski definition) is 2. The lowest BCUT2D eigenvalue weighted by Gasteiger charge is -2.11. The number of carbonyl (C=O) groups is 2. The van der Waals surface area contributed by atoms with E-state index in [0.29, 0.717) is 16.4 Å². The smallest absolute Gasteiger partial charge is 0.255 e. The molecule has 2 N–H and O–H groups in total. The molecule has 0 aliphatic rings. The third kappa shape index (κ3) is 6.09. The Hall–Kier alpha value is -3.42. The number of nitrogens with one attached hydrogen (secondary N) is 2. The molecule has 0 spiro atoms. The van der Waals surface area contributed by atoms with Gasteiger partial charge in [0.25, 0.3) is 5.91 Å². The van der Waals surface area contributed by atoms with Crippen molar-refractivity contribution in [3.63, 3.8) is 0 Å². The van der Waals surface area contributed by atoms with Gasteiger partial charge in [-0.15, -0.1) is 23.1 Å². The van der Waals surface area contributed by atoms with Crippen LogP contribution in [0.1, 0.15) is 22.8 Å². The first kappa shape index (κ1) is 22.8. The second-order valence-corrected chi connectivity index (χ2v) is 9.77. The minimum atomic E-state index is -0.304. The molecule has 33 heavy (non-hydrogen) atoms. The largest absolute Gasteiger partial charge is 0.322 e. The fraction of sp³-hybridized carbons (Fsp3) is 0.115. The molecule has 4 aromatic rings. The van der Waals surface area contributed by atoms with Crippen molar-refractivity contribution < 1.29 is 9.59 Å². The zero-order chi connectivity index (χ0) is 23.2. The Morgan fingerprint density at radius 1 is 0.909 bits per heavy atom. The van der Waals surface area contributed by atoms with Crippen LogP contribution in [-0.4, -0.2) is 22.0 Å². The molecule has 5 nitrogen and oxygen atoms in total. The monoisotopic (exact) mass is 473 g/mol. The molecule has 0 bridgehead atoms. The molecule has 0 saturated carbocycles. The lowest BCUT2D eigenvalue weighted by molar-refractivity contribution is -0.115. The number of carbonyl (C=O) groups excluding carboxylic acids is 2. The number of amides is 2. The van der Waals surface area contributed by atoms with Crippen LogP contribution in [0.25, 0.3) is 11.3 Å². The molecule has 0 fully saturated rings. The standard InChI is InChI=1S/C26H23N3O2S2/c1-17-8-10-20(11-9-17)25(31)27-21-12-14-22(15-13-21)33-18(2)24(30)29-26-28-23(16-32-26)19-6-4-3-5-7-19/h3-16,18H,1-2H3,(H,27,31)(H,28,29,30). The molecule has 1 aromatic heterocycles. The summed E-state index contributed by atoms with van der Waals surface area (Å²) in [5, 5.41) is 8.01. The summed E-state index contributed by atoms with van der Waals surface area (Å²) in [4.78, 5) is 30.5. The van der Waals surface area contributed by atoms with E-state index in [2.05, 4.69) is 15.6 Å². The average molecular weight is 474 g/mol. The van der Waals surface area contributed by atoms with Gasteiger partial charge in [0.05, 0.1) is 10.9 Å². The van der Waals surface area contributed by atoms with E-state index in [0.717, 1.165) is 21.7 Å². The van der Waals surface area contributed by atoms with Gasteiger partial charge in [0.15, 0.2) is 5.13 Å². The Labute approximate surface area is 201 Å². The summed E-state index contributed by atoms with van der Waals surface area (Å²) in [5.74, 6) is -0.257. The number of rotatable bonds is 7. The molecule has 1 unspecified atom stereocenters. The number of thiazole rings is 1. The molecule has 1 heterocycles. The Balaban J connectivity index is 1.31. The minimum absolute atomic E-state index is 0.106. The van der Waals surface area contributed by atoms with Gasteiger partial charge < -0.3 is 10.6 Å². The maximum absolute atomic E-state index is 12.6. The van der Waals surface area contributed by atoms with Gasteiger partial charge in [-0.2, -0.15) is 0 Å². The highest BCUT2D eigenvalue weighted by atomic mass is 32.2. The van der Waals surface area contributed by atoms with E-state index < -0.39 is 0 Å². The van der Waals surface area contributed by atoms with Crippen molar-refractivity contribution in [2.24, 2.45) is 0 Å². The maximum Gasteiger partial charge on any atom is 0.255 e. The molecule has 0 aliphatic heterocycles. The van der Waals surface area contributed by atoms with Gasteiger partial charge in [-0.25, -0.2) is 4.98 Å². The summed E-state index contributed by atoms with van der Waals surface area (Å²) in [6, 6.07) is 24.8. The minimum Gasteiger partial charge on any atom is -0.322 e. The van der Waals surface area contributed by atoms with Gasteiger partial charge in [0, 0.05) is 27.1 Å². The molecule has 4 rings (SSSR count). The predicted octanol–water partition coefficient (Wildman–Crippen LogP) is 6.49. The van der Waals surface area contributed by atoms with Gasteiger partial charge in [-0.05, 0) is 50.2 Å². The highest BCUT2D eigenvalue weighted by Gasteiger charge is 2.16. The van der Waals surface area contributed by atoms with E-state index >= 15 is 0 Å². The Morgan fingerprint density at radius 2 is 1.61 bits per heavy atom. The molecular formula is C26H23N3O2S2. The number of thioether (sulfide) groups is 1. The van der Waals surface area contributed by atoms with Crippen LogP contribution in [0.5, 0.6) is 0 Å². The number of benzene rings is 3. The Kier molecular flexibility index (Phi) is 7.22. The Morgan fingerprint density at radius 3 is 2.30 bits per heavy atom. The first-order chi connectivity index (χ1) is 16.0. The molecule has 3 aromatic carbocycles. The van der Waals surface area contributed by atoms with Gasteiger partial charge in [-0.3, -0.25) is 9.59 Å². The zero-order valence-electron chi connectivity index (χ0n) is 18.2. The number of anilines is 2. The number of aromatic nitrogens is 1. The van der Waals surface area contributed by atoms with Gasteiger partial charge in [0.1, 0.15) is 0 Å². The average Bonchev–Trinajstić information content (AvgIpc) is 3.30. The summed E-state index contributed by atoms with van der Waals surface area (Å²) in [7, 11) is 0. The maximum atomic E-state index is 12.6. The third-order valence-electron chi connectivity index (χ3n) is 4.91. The van der Waals surface area contributed by atoms with Crippen molar-refractivity contribution >= 4 is 45.7 Å². The van der Waals surface area contributed by atoms with Crippen LogP contribution < -0.4 is 10.6 Å². The highest BCUT2D eigenvalue weighted by Crippen LogP contribution is 2.28. The predicted molar refractivity (Wildman–Crippen MR) is 137 cm³/mol. The number of nitrogens with zero attached hydrogens (tertiary/aromatic N) is 1. The molecule has 0 saturated heterocycles. The van der Waals surface area contributed by atoms with Crippen molar-refractivity contribution in [2.45, 2.75) is 24.0 Å². The van der Waals surface area contributed by atoms with E-state index in [1.54, 1.807) is 12.1 Å². The topological polar surface area (TPSA) is 71.1 Å². The van der Waals surface area contributed by atoms with Gasteiger partial charge in [0.2, 0.25) is 5.91 Å². The number of aryl methyl sites for hydroxylation is 1. The molecule has 0 radical (unpaired) electrons. The number of hydrogen-bond acceptors (Lipinski definition) is 5. The zero-order valence-corrected chi connectivity index (χ0v) is 19.9. The molecular weight excluding hydrogens is 450 g/mol. The lowest BCUT2D eigenvalue weighted by Crippen LogP contribution is -2.22. The third-order valence-corrected chi connectivity index (χ3v) is 6.78. The normalized spacial score (nSPS) is 11.6. The van der Waals surface area contributed by atoms with E-state index in [-0.39, 0.29) is 17.1 Å². The van der Waals surface area contributed by atoms with Gasteiger partial charge in [-0.1, -0.05) is 48.0 Å². The van der Waals surface area contributed by atoms with Crippen molar-refractivity contribution in [3.8, 4) is 11.3 Å².